The highest BCUT2D eigenvalue weighted by molar-refractivity contribution is 5.55. The van der Waals surface area contributed by atoms with Crippen LogP contribution in [-0.2, 0) is 0 Å². The molecule has 0 aromatic carbocycles. The summed E-state index contributed by atoms with van der Waals surface area (Å²) in [4.78, 5) is 4.14. The molecule has 1 aliphatic rings. The Morgan fingerprint density at radius 3 is 3.06 bits per heavy atom. The summed E-state index contributed by atoms with van der Waals surface area (Å²) in [7, 11) is 0. The Morgan fingerprint density at radius 2 is 2.24 bits per heavy atom. The van der Waals surface area contributed by atoms with Gasteiger partial charge < -0.3 is 5.73 Å². The van der Waals surface area contributed by atoms with E-state index in [4.69, 9.17) is 5.73 Å². The predicted octanol–water partition coefficient (Wildman–Crippen LogP) is 2.23. The van der Waals surface area contributed by atoms with Crippen molar-refractivity contribution < 1.29 is 0 Å². The number of allylic oxidation sites excluding steroid dienone is 1. The fraction of sp³-hybridized carbons (Fsp3) is 0.385. The molecule has 4 heteroatoms. The van der Waals surface area contributed by atoms with Gasteiger partial charge in [0.05, 0.1) is 24.0 Å². The molecule has 1 aliphatic carbocycles. The Labute approximate surface area is 100 Å². The van der Waals surface area contributed by atoms with Gasteiger partial charge in [-0.3, -0.25) is 4.98 Å². The molecule has 4 nitrogen and oxygen atoms in total. The van der Waals surface area contributed by atoms with Crippen molar-refractivity contribution in [1.29, 1.82) is 0 Å². The number of aromatic nitrogens is 3. The first-order valence-electron chi connectivity index (χ1n) is 6.08. The lowest BCUT2D eigenvalue weighted by molar-refractivity contribution is 0.650. The zero-order valence-corrected chi connectivity index (χ0v) is 9.71. The number of nitrogens with two attached hydrogens (primary N) is 1. The highest BCUT2D eigenvalue weighted by atomic mass is 15.2. The van der Waals surface area contributed by atoms with Crippen molar-refractivity contribution in [2.75, 3.05) is 0 Å². The van der Waals surface area contributed by atoms with Crippen molar-refractivity contribution in [3.8, 4) is 0 Å². The van der Waals surface area contributed by atoms with Gasteiger partial charge in [-0.2, -0.15) is 5.10 Å². The largest absolute Gasteiger partial charge is 0.320 e. The first kappa shape index (κ1) is 10.5. The molecule has 2 heterocycles. The van der Waals surface area contributed by atoms with Gasteiger partial charge in [0, 0.05) is 18.0 Å². The molecule has 0 amide bonds. The monoisotopic (exact) mass is 228 g/mol. The van der Waals surface area contributed by atoms with Gasteiger partial charge in [-0.15, -0.1) is 0 Å². The molecule has 0 saturated heterocycles. The van der Waals surface area contributed by atoms with Gasteiger partial charge in [-0.1, -0.05) is 11.6 Å². The van der Waals surface area contributed by atoms with Gasteiger partial charge >= 0.3 is 0 Å². The second-order valence-electron chi connectivity index (χ2n) is 4.51. The van der Waals surface area contributed by atoms with E-state index in [1.807, 2.05) is 23.1 Å². The molecule has 0 bridgehead atoms. The number of nitrogens with zero attached hydrogens (tertiary/aromatic N) is 3. The Kier molecular flexibility index (Phi) is 2.65. The van der Waals surface area contributed by atoms with Crippen LogP contribution in [0.2, 0.25) is 0 Å². The lowest BCUT2D eigenvalue weighted by Gasteiger charge is -2.18. The standard InChI is InChI=1S/C13H16N4/c14-13(10-4-2-1-3-5-10)11-8-16-17-7-6-15-9-12(11)17/h4,6-9,13H,1-3,5,14H2. The molecule has 17 heavy (non-hydrogen) atoms. The fourth-order valence-electron chi connectivity index (χ4n) is 2.44. The molecule has 3 rings (SSSR count). The van der Waals surface area contributed by atoms with Gasteiger partial charge in [0.2, 0.25) is 0 Å². The summed E-state index contributed by atoms with van der Waals surface area (Å²) in [6.07, 6.45) is 14.3. The molecule has 0 spiro atoms. The van der Waals surface area contributed by atoms with Gasteiger partial charge in [-0.25, -0.2) is 4.52 Å². The molecule has 0 aliphatic heterocycles. The van der Waals surface area contributed by atoms with Gasteiger partial charge in [0.15, 0.2) is 0 Å². The van der Waals surface area contributed by atoms with E-state index in [1.54, 1.807) is 6.20 Å². The highest BCUT2D eigenvalue weighted by Crippen LogP contribution is 2.29. The first-order valence-corrected chi connectivity index (χ1v) is 6.08. The van der Waals surface area contributed by atoms with Crippen molar-refractivity contribution in [2.45, 2.75) is 31.7 Å². The molecule has 2 aromatic heterocycles. The number of hydrogen-bond acceptors (Lipinski definition) is 3. The average Bonchev–Trinajstić information content (AvgIpc) is 2.83. The third kappa shape index (κ3) is 1.85. The summed E-state index contributed by atoms with van der Waals surface area (Å²) in [6, 6.07) is -0.0306. The lowest BCUT2D eigenvalue weighted by atomic mass is 9.91. The summed E-state index contributed by atoms with van der Waals surface area (Å²) in [6.45, 7) is 0. The Hall–Kier alpha value is -1.68. The van der Waals surface area contributed by atoms with E-state index in [1.165, 1.54) is 18.4 Å². The smallest absolute Gasteiger partial charge is 0.0895 e. The molecule has 0 saturated carbocycles. The molecule has 2 aromatic rings. The maximum atomic E-state index is 6.33. The van der Waals surface area contributed by atoms with Crippen molar-refractivity contribution in [3.63, 3.8) is 0 Å². The molecule has 1 unspecified atom stereocenters. The third-order valence-corrected chi connectivity index (χ3v) is 3.42. The van der Waals surface area contributed by atoms with Crippen LogP contribution in [0.4, 0.5) is 0 Å². The van der Waals surface area contributed by atoms with Crippen LogP contribution in [0, 0.1) is 0 Å². The molecule has 0 fully saturated rings. The minimum Gasteiger partial charge on any atom is -0.320 e. The minimum atomic E-state index is -0.0306. The van der Waals surface area contributed by atoms with Crippen LogP contribution in [0.25, 0.3) is 5.52 Å². The molecule has 0 radical (unpaired) electrons. The van der Waals surface area contributed by atoms with Crippen molar-refractivity contribution in [3.05, 3.63) is 42.0 Å². The zero-order chi connectivity index (χ0) is 11.7. The van der Waals surface area contributed by atoms with Crippen LogP contribution in [0.5, 0.6) is 0 Å². The minimum absolute atomic E-state index is 0.0306. The summed E-state index contributed by atoms with van der Waals surface area (Å²) >= 11 is 0. The first-order chi connectivity index (χ1) is 8.36. The van der Waals surface area contributed by atoms with Crippen LogP contribution in [0.3, 0.4) is 0 Å². The van der Waals surface area contributed by atoms with E-state index < -0.39 is 0 Å². The molecule has 2 N–H and O–H groups in total. The Morgan fingerprint density at radius 1 is 1.29 bits per heavy atom. The van der Waals surface area contributed by atoms with Crippen LogP contribution in [0.15, 0.2) is 36.4 Å². The third-order valence-electron chi connectivity index (χ3n) is 3.42. The second kappa shape index (κ2) is 4.30. The van der Waals surface area contributed by atoms with Gasteiger partial charge in [-0.05, 0) is 25.7 Å². The topological polar surface area (TPSA) is 56.2 Å². The average molecular weight is 228 g/mol. The summed E-state index contributed by atoms with van der Waals surface area (Å²) in [5.74, 6) is 0. The van der Waals surface area contributed by atoms with Crippen molar-refractivity contribution in [1.82, 2.24) is 14.6 Å². The van der Waals surface area contributed by atoms with Crippen LogP contribution in [-0.4, -0.2) is 14.6 Å². The molecular weight excluding hydrogens is 212 g/mol. The van der Waals surface area contributed by atoms with Crippen LogP contribution >= 0.6 is 0 Å². The van der Waals surface area contributed by atoms with E-state index >= 15 is 0 Å². The SMILES string of the molecule is NC(C1=CCCCC1)c1cnn2ccncc12. The van der Waals surface area contributed by atoms with Crippen LogP contribution < -0.4 is 5.73 Å². The highest BCUT2D eigenvalue weighted by Gasteiger charge is 2.17. The van der Waals surface area contributed by atoms with Crippen LogP contribution in [0.1, 0.15) is 37.3 Å². The molecule has 88 valence electrons. The lowest BCUT2D eigenvalue weighted by Crippen LogP contribution is -2.14. The number of hydrogen-bond donors (Lipinski definition) is 1. The Balaban J connectivity index is 2.00. The van der Waals surface area contributed by atoms with E-state index in [9.17, 15) is 0 Å². The number of fused-ring (bicyclic) bond motifs is 1. The maximum absolute atomic E-state index is 6.33. The zero-order valence-electron chi connectivity index (χ0n) is 9.71. The normalized spacial score (nSPS) is 18.1. The van der Waals surface area contributed by atoms with E-state index in [2.05, 4.69) is 16.2 Å². The van der Waals surface area contributed by atoms with Gasteiger partial charge in [0.25, 0.3) is 0 Å². The van der Waals surface area contributed by atoms with Crippen molar-refractivity contribution >= 4 is 5.52 Å². The summed E-state index contributed by atoms with van der Waals surface area (Å²) in [5, 5.41) is 4.30. The molecule has 1 atom stereocenters. The summed E-state index contributed by atoms with van der Waals surface area (Å²) < 4.78 is 1.82. The predicted molar refractivity (Wildman–Crippen MR) is 66.5 cm³/mol. The maximum Gasteiger partial charge on any atom is 0.0895 e. The van der Waals surface area contributed by atoms with Gasteiger partial charge in [0.1, 0.15) is 0 Å². The van der Waals surface area contributed by atoms with E-state index in [0.29, 0.717) is 0 Å². The quantitative estimate of drug-likeness (QED) is 0.802. The molecular formula is C13H16N4. The Bertz CT molecular complexity index is 555. The fourth-order valence-corrected chi connectivity index (χ4v) is 2.44. The summed E-state index contributed by atoms with van der Waals surface area (Å²) in [5.41, 5.74) is 9.75. The number of rotatable bonds is 2. The second-order valence-corrected chi connectivity index (χ2v) is 4.51. The van der Waals surface area contributed by atoms with E-state index in [0.717, 1.165) is 23.9 Å². The van der Waals surface area contributed by atoms with E-state index in [-0.39, 0.29) is 6.04 Å². The van der Waals surface area contributed by atoms with Crippen molar-refractivity contribution in [2.24, 2.45) is 5.73 Å².